The molecule has 0 saturated heterocycles. The highest BCUT2D eigenvalue weighted by Crippen LogP contribution is 2.33. The number of benzene rings is 1. The van der Waals surface area contributed by atoms with E-state index in [2.05, 4.69) is 17.4 Å². The average Bonchev–Trinajstić information content (AvgIpc) is 2.62. The summed E-state index contributed by atoms with van der Waals surface area (Å²) in [6.07, 6.45) is 12.7. The Labute approximate surface area is 139 Å². The SMILES string of the molecule is O=C(COc1ccc(C2CCCCC2)cc1)NC1CCCCC1. The van der Waals surface area contributed by atoms with E-state index in [1.54, 1.807) is 0 Å². The van der Waals surface area contributed by atoms with Crippen molar-refractivity contribution in [3.8, 4) is 5.75 Å². The van der Waals surface area contributed by atoms with Gasteiger partial charge in [0.05, 0.1) is 0 Å². The second-order valence-corrected chi connectivity index (χ2v) is 7.10. The molecule has 0 unspecified atom stereocenters. The van der Waals surface area contributed by atoms with E-state index in [1.807, 2.05) is 12.1 Å². The van der Waals surface area contributed by atoms with Gasteiger partial charge in [0.1, 0.15) is 5.75 Å². The summed E-state index contributed by atoms with van der Waals surface area (Å²) < 4.78 is 5.64. The summed E-state index contributed by atoms with van der Waals surface area (Å²) in [6.45, 7) is 0.124. The maximum absolute atomic E-state index is 12.0. The van der Waals surface area contributed by atoms with Gasteiger partial charge in [-0.05, 0) is 49.3 Å². The van der Waals surface area contributed by atoms with Crippen LogP contribution < -0.4 is 10.1 Å². The van der Waals surface area contributed by atoms with Crippen molar-refractivity contribution in [2.24, 2.45) is 0 Å². The van der Waals surface area contributed by atoms with E-state index in [0.29, 0.717) is 12.0 Å². The lowest BCUT2D eigenvalue weighted by atomic mass is 9.84. The maximum Gasteiger partial charge on any atom is 0.258 e. The third-order valence-electron chi connectivity index (χ3n) is 5.30. The molecule has 0 heterocycles. The summed E-state index contributed by atoms with van der Waals surface area (Å²) >= 11 is 0. The van der Waals surface area contributed by atoms with Crippen LogP contribution in [0.4, 0.5) is 0 Å². The molecule has 126 valence electrons. The van der Waals surface area contributed by atoms with E-state index < -0.39 is 0 Å². The monoisotopic (exact) mass is 315 g/mol. The first-order chi connectivity index (χ1) is 11.3. The van der Waals surface area contributed by atoms with Crippen LogP contribution in [-0.2, 0) is 4.79 Å². The van der Waals surface area contributed by atoms with Gasteiger partial charge >= 0.3 is 0 Å². The fourth-order valence-corrected chi connectivity index (χ4v) is 3.94. The smallest absolute Gasteiger partial charge is 0.258 e. The fourth-order valence-electron chi connectivity index (χ4n) is 3.94. The molecule has 1 amide bonds. The highest BCUT2D eigenvalue weighted by Gasteiger charge is 2.17. The number of amides is 1. The van der Waals surface area contributed by atoms with Crippen molar-refractivity contribution in [3.63, 3.8) is 0 Å². The Morgan fingerprint density at radius 2 is 1.52 bits per heavy atom. The summed E-state index contributed by atoms with van der Waals surface area (Å²) in [6, 6.07) is 8.72. The van der Waals surface area contributed by atoms with Crippen molar-refractivity contribution < 1.29 is 9.53 Å². The van der Waals surface area contributed by atoms with Gasteiger partial charge in [-0.25, -0.2) is 0 Å². The van der Waals surface area contributed by atoms with Crippen molar-refractivity contribution in [3.05, 3.63) is 29.8 Å². The van der Waals surface area contributed by atoms with Gasteiger partial charge in [-0.1, -0.05) is 50.7 Å². The molecule has 1 aromatic rings. The highest BCUT2D eigenvalue weighted by molar-refractivity contribution is 5.77. The van der Waals surface area contributed by atoms with Crippen LogP contribution in [0.15, 0.2) is 24.3 Å². The second-order valence-electron chi connectivity index (χ2n) is 7.10. The molecule has 3 heteroatoms. The molecule has 0 atom stereocenters. The molecule has 0 aliphatic heterocycles. The summed E-state index contributed by atoms with van der Waals surface area (Å²) in [4.78, 5) is 12.0. The molecule has 3 nitrogen and oxygen atoms in total. The predicted molar refractivity (Wildman–Crippen MR) is 92.8 cm³/mol. The number of nitrogens with one attached hydrogen (secondary N) is 1. The topological polar surface area (TPSA) is 38.3 Å². The van der Waals surface area contributed by atoms with Crippen molar-refractivity contribution in [1.82, 2.24) is 5.32 Å². The molecule has 0 aromatic heterocycles. The second kappa shape index (κ2) is 8.37. The van der Waals surface area contributed by atoms with Gasteiger partial charge in [0.15, 0.2) is 6.61 Å². The minimum Gasteiger partial charge on any atom is -0.484 e. The number of ether oxygens (including phenoxy) is 1. The average molecular weight is 315 g/mol. The molecular formula is C20H29NO2. The molecule has 0 spiro atoms. The number of carbonyl (C=O) groups is 1. The standard InChI is InChI=1S/C20H29NO2/c22-20(21-18-9-5-2-6-10-18)15-23-19-13-11-17(12-14-19)16-7-3-1-4-8-16/h11-14,16,18H,1-10,15H2,(H,21,22). The van der Waals surface area contributed by atoms with Gasteiger partial charge in [-0.2, -0.15) is 0 Å². The molecule has 0 radical (unpaired) electrons. The summed E-state index contributed by atoms with van der Waals surface area (Å²) in [5.74, 6) is 1.52. The van der Waals surface area contributed by atoms with Crippen LogP contribution in [0.2, 0.25) is 0 Å². The van der Waals surface area contributed by atoms with E-state index in [0.717, 1.165) is 18.6 Å². The molecule has 0 bridgehead atoms. The molecule has 2 aliphatic carbocycles. The molecule has 2 aliphatic rings. The quantitative estimate of drug-likeness (QED) is 0.865. The maximum atomic E-state index is 12.0. The lowest BCUT2D eigenvalue weighted by Gasteiger charge is -2.23. The number of hydrogen-bond donors (Lipinski definition) is 1. The van der Waals surface area contributed by atoms with Crippen LogP contribution in [-0.4, -0.2) is 18.6 Å². The Hall–Kier alpha value is -1.51. The van der Waals surface area contributed by atoms with Crippen molar-refractivity contribution in [2.75, 3.05) is 6.61 Å². The Balaban J connectivity index is 1.43. The Morgan fingerprint density at radius 3 is 2.17 bits per heavy atom. The number of hydrogen-bond acceptors (Lipinski definition) is 2. The van der Waals surface area contributed by atoms with Crippen LogP contribution in [0.5, 0.6) is 5.75 Å². The van der Waals surface area contributed by atoms with Crippen molar-refractivity contribution in [2.45, 2.75) is 76.2 Å². The zero-order valence-corrected chi connectivity index (χ0v) is 14.1. The minimum atomic E-state index is 0.00765. The summed E-state index contributed by atoms with van der Waals surface area (Å²) in [7, 11) is 0. The largest absolute Gasteiger partial charge is 0.484 e. The first kappa shape index (κ1) is 16.4. The lowest BCUT2D eigenvalue weighted by Crippen LogP contribution is -2.38. The number of rotatable bonds is 5. The molecule has 3 rings (SSSR count). The molecule has 2 saturated carbocycles. The molecular weight excluding hydrogens is 286 g/mol. The van der Waals surface area contributed by atoms with E-state index in [-0.39, 0.29) is 12.5 Å². The first-order valence-electron chi connectivity index (χ1n) is 9.33. The Kier molecular flexibility index (Phi) is 5.95. The van der Waals surface area contributed by atoms with E-state index >= 15 is 0 Å². The van der Waals surface area contributed by atoms with Gasteiger partial charge in [0.2, 0.25) is 0 Å². The van der Waals surface area contributed by atoms with E-state index in [9.17, 15) is 4.79 Å². The fraction of sp³-hybridized carbons (Fsp3) is 0.650. The van der Waals surface area contributed by atoms with E-state index in [1.165, 1.54) is 56.9 Å². The Bertz CT molecular complexity index is 485. The highest BCUT2D eigenvalue weighted by atomic mass is 16.5. The molecule has 2 fully saturated rings. The van der Waals surface area contributed by atoms with Crippen LogP contribution in [0.1, 0.15) is 75.7 Å². The summed E-state index contributed by atoms with van der Waals surface area (Å²) in [5.41, 5.74) is 1.42. The molecule has 1 N–H and O–H groups in total. The lowest BCUT2D eigenvalue weighted by molar-refractivity contribution is -0.124. The van der Waals surface area contributed by atoms with Gasteiger partial charge in [0.25, 0.3) is 5.91 Å². The van der Waals surface area contributed by atoms with Gasteiger partial charge in [0, 0.05) is 6.04 Å². The van der Waals surface area contributed by atoms with Gasteiger partial charge < -0.3 is 10.1 Å². The van der Waals surface area contributed by atoms with Crippen LogP contribution in [0, 0.1) is 0 Å². The summed E-state index contributed by atoms with van der Waals surface area (Å²) in [5, 5.41) is 3.09. The first-order valence-corrected chi connectivity index (χ1v) is 9.33. The van der Waals surface area contributed by atoms with Gasteiger partial charge in [-0.3, -0.25) is 4.79 Å². The van der Waals surface area contributed by atoms with E-state index in [4.69, 9.17) is 4.74 Å². The number of carbonyl (C=O) groups excluding carboxylic acids is 1. The Morgan fingerprint density at radius 1 is 0.913 bits per heavy atom. The zero-order valence-electron chi connectivity index (χ0n) is 14.1. The van der Waals surface area contributed by atoms with Crippen LogP contribution in [0.25, 0.3) is 0 Å². The minimum absolute atomic E-state index is 0.00765. The predicted octanol–water partition coefficient (Wildman–Crippen LogP) is 4.56. The van der Waals surface area contributed by atoms with Gasteiger partial charge in [-0.15, -0.1) is 0 Å². The van der Waals surface area contributed by atoms with Crippen LogP contribution >= 0.6 is 0 Å². The van der Waals surface area contributed by atoms with Crippen molar-refractivity contribution >= 4 is 5.91 Å². The third kappa shape index (κ3) is 4.98. The molecule has 23 heavy (non-hydrogen) atoms. The molecule has 1 aromatic carbocycles. The van der Waals surface area contributed by atoms with Crippen molar-refractivity contribution in [1.29, 1.82) is 0 Å². The van der Waals surface area contributed by atoms with Crippen LogP contribution in [0.3, 0.4) is 0 Å². The third-order valence-corrected chi connectivity index (χ3v) is 5.30. The normalized spacial score (nSPS) is 20.2. The zero-order chi connectivity index (χ0) is 15.9.